The van der Waals surface area contributed by atoms with Crippen LogP contribution >= 0.6 is 31.9 Å². The summed E-state index contributed by atoms with van der Waals surface area (Å²) in [6, 6.07) is 20.0. The highest BCUT2D eigenvalue weighted by Gasteiger charge is 2.55. The summed E-state index contributed by atoms with van der Waals surface area (Å²) >= 11 is 7.34. The molecule has 0 radical (unpaired) electrons. The molecule has 0 aromatic heterocycles. The maximum atomic E-state index is 13.1. The molecule has 0 spiro atoms. The highest BCUT2D eigenvalue weighted by Crippen LogP contribution is 2.45. The molecule has 1 heterocycles. The van der Waals surface area contributed by atoms with Gasteiger partial charge < -0.3 is 9.64 Å². The smallest absolute Gasteiger partial charge is 0.253 e. The second kappa shape index (κ2) is 8.02. The Morgan fingerprint density at radius 2 is 1.60 bits per heavy atom. The summed E-state index contributed by atoms with van der Waals surface area (Å²) in [4.78, 5) is 14.8. The third-order valence-electron chi connectivity index (χ3n) is 4.67. The topological polar surface area (TPSA) is 29.5 Å². The highest BCUT2D eigenvalue weighted by molar-refractivity contribution is 9.10. The van der Waals surface area contributed by atoms with E-state index in [-0.39, 0.29) is 16.3 Å². The van der Waals surface area contributed by atoms with Crippen LogP contribution in [0.1, 0.15) is 18.1 Å². The Morgan fingerprint density at radius 3 is 2.16 bits per heavy atom. The lowest BCUT2D eigenvalue weighted by Crippen LogP contribution is -2.39. The van der Waals surface area contributed by atoms with Crippen LogP contribution in [0.3, 0.4) is 0 Å². The van der Waals surface area contributed by atoms with Crippen LogP contribution in [-0.2, 0) is 22.7 Å². The number of hydrogen-bond acceptors (Lipinski definition) is 2. The predicted molar refractivity (Wildman–Crippen MR) is 107 cm³/mol. The fourth-order valence-electron chi connectivity index (χ4n) is 3.11. The average molecular weight is 467 g/mol. The number of hydrogen-bond donors (Lipinski definition) is 0. The SMILES string of the molecule is C[C@]1(CBr)[C@H](OCc2ccccc2)C(=O)N(Cc2ccccc2)[C@H]1Br. The van der Waals surface area contributed by atoms with Gasteiger partial charge in [0, 0.05) is 17.3 Å². The van der Waals surface area contributed by atoms with Crippen molar-refractivity contribution in [1.82, 2.24) is 4.90 Å². The Hall–Kier alpha value is -1.17. The molecule has 2 aromatic carbocycles. The molecular weight excluding hydrogens is 446 g/mol. The van der Waals surface area contributed by atoms with Gasteiger partial charge in [-0.1, -0.05) is 99.4 Å². The molecule has 1 saturated heterocycles. The third-order valence-corrected chi connectivity index (χ3v) is 7.42. The highest BCUT2D eigenvalue weighted by atomic mass is 79.9. The molecule has 0 N–H and O–H groups in total. The van der Waals surface area contributed by atoms with E-state index < -0.39 is 6.10 Å². The predicted octanol–water partition coefficient (Wildman–Crippen LogP) is 4.74. The maximum Gasteiger partial charge on any atom is 0.253 e. The van der Waals surface area contributed by atoms with Gasteiger partial charge in [0.1, 0.15) is 6.10 Å². The minimum atomic E-state index is -0.486. The van der Waals surface area contributed by atoms with Crippen LogP contribution in [-0.4, -0.2) is 27.2 Å². The van der Waals surface area contributed by atoms with E-state index in [2.05, 4.69) is 38.8 Å². The lowest BCUT2D eigenvalue weighted by molar-refractivity contribution is -0.140. The van der Waals surface area contributed by atoms with Crippen LogP contribution in [0.2, 0.25) is 0 Å². The molecule has 3 atom stereocenters. The summed E-state index contributed by atoms with van der Waals surface area (Å²) in [6.07, 6.45) is -0.486. The first-order valence-electron chi connectivity index (χ1n) is 8.26. The zero-order valence-corrected chi connectivity index (χ0v) is 17.2. The van der Waals surface area contributed by atoms with Crippen molar-refractivity contribution in [3.8, 4) is 0 Å². The molecule has 0 unspecified atom stereocenters. The van der Waals surface area contributed by atoms with Gasteiger partial charge in [0.05, 0.1) is 11.6 Å². The van der Waals surface area contributed by atoms with Gasteiger partial charge >= 0.3 is 0 Å². The lowest BCUT2D eigenvalue weighted by Gasteiger charge is -2.31. The summed E-state index contributed by atoms with van der Waals surface area (Å²) < 4.78 is 6.09. The minimum Gasteiger partial charge on any atom is -0.363 e. The Morgan fingerprint density at radius 1 is 1.04 bits per heavy atom. The number of halogens is 2. The standard InChI is InChI=1S/C20H21Br2NO2/c1-20(14-21)17(25-13-16-10-6-3-7-11-16)18(24)23(19(20)22)12-15-8-4-2-5-9-15/h2-11,17,19H,12-14H2,1H3/t17-,19-,20+/m1/s1. The van der Waals surface area contributed by atoms with Crippen molar-refractivity contribution in [2.24, 2.45) is 5.41 Å². The van der Waals surface area contributed by atoms with Crippen molar-refractivity contribution in [2.45, 2.75) is 31.1 Å². The number of nitrogens with zero attached hydrogens (tertiary/aromatic N) is 1. The van der Waals surface area contributed by atoms with Crippen molar-refractivity contribution in [2.75, 3.05) is 5.33 Å². The van der Waals surface area contributed by atoms with E-state index in [0.717, 1.165) is 11.1 Å². The molecule has 132 valence electrons. The monoisotopic (exact) mass is 465 g/mol. The quantitative estimate of drug-likeness (QED) is 0.454. The summed E-state index contributed by atoms with van der Waals surface area (Å²) in [7, 11) is 0. The molecule has 1 amide bonds. The Labute approximate surface area is 165 Å². The van der Waals surface area contributed by atoms with Crippen molar-refractivity contribution < 1.29 is 9.53 Å². The lowest BCUT2D eigenvalue weighted by atomic mass is 9.89. The van der Waals surface area contributed by atoms with Crippen molar-refractivity contribution >= 4 is 37.8 Å². The number of amides is 1. The molecule has 3 rings (SSSR count). The Balaban J connectivity index is 1.78. The van der Waals surface area contributed by atoms with Gasteiger partial charge in [-0.3, -0.25) is 4.79 Å². The van der Waals surface area contributed by atoms with Crippen LogP contribution in [0.25, 0.3) is 0 Å². The number of carbonyl (C=O) groups is 1. The number of alkyl halides is 2. The van der Waals surface area contributed by atoms with Gasteiger partial charge in [0.15, 0.2) is 0 Å². The fourth-order valence-corrected chi connectivity index (χ4v) is 4.90. The molecule has 3 nitrogen and oxygen atoms in total. The molecule has 1 fully saturated rings. The van der Waals surface area contributed by atoms with Crippen LogP contribution in [0.15, 0.2) is 60.7 Å². The van der Waals surface area contributed by atoms with Gasteiger partial charge in [-0.2, -0.15) is 0 Å². The minimum absolute atomic E-state index is 0.0311. The first-order valence-corrected chi connectivity index (χ1v) is 10.3. The third kappa shape index (κ3) is 3.83. The summed E-state index contributed by atoms with van der Waals surface area (Å²) in [5.74, 6) is 0.0311. The van der Waals surface area contributed by atoms with Gasteiger partial charge in [-0.25, -0.2) is 0 Å². The number of likely N-dealkylation sites (tertiary alicyclic amines) is 1. The fraction of sp³-hybridized carbons (Fsp3) is 0.350. The van der Waals surface area contributed by atoms with Crippen molar-refractivity contribution in [3.63, 3.8) is 0 Å². The first kappa shape index (κ1) is 18.6. The molecule has 1 aliphatic heterocycles. The van der Waals surface area contributed by atoms with E-state index in [9.17, 15) is 4.79 Å². The largest absolute Gasteiger partial charge is 0.363 e. The molecule has 1 aliphatic rings. The molecule has 25 heavy (non-hydrogen) atoms. The van der Waals surface area contributed by atoms with Crippen molar-refractivity contribution in [1.29, 1.82) is 0 Å². The van der Waals surface area contributed by atoms with Crippen molar-refractivity contribution in [3.05, 3.63) is 71.8 Å². The summed E-state index contributed by atoms with van der Waals surface area (Å²) in [5.41, 5.74) is 1.83. The molecular formula is C20H21Br2NO2. The number of carbonyl (C=O) groups excluding carboxylic acids is 1. The van der Waals surface area contributed by atoms with Crippen LogP contribution in [0.4, 0.5) is 0 Å². The molecule has 2 aromatic rings. The first-order chi connectivity index (χ1) is 12.1. The second-order valence-corrected chi connectivity index (χ2v) is 8.03. The molecule has 0 aliphatic carbocycles. The van der Waals surface area contributed by atoms with E-state index in [0.29, 0.717) is 18.5 Å². The van der Waals surface area contributed by atoms with Gasteiger partial charge in [-0.05, 0) is 11.1 Å². The Bertz CT molecular complexity index is 710. The molecule has 0 bridgehead atoms. The van der Waals surface area contributed by atoms with E-state index in [1.165, 1.54) is 0 Å². The van der Waals surface area contributed by atoms with Gasteiger partial charge in [-0.15, -0.1) is 0 Å². The van der Waals surface area contributed by atoms with E-state index in [4.69, 9.17) is 4.74 Å². The van der Waals surface area contributed by atoms with Crippen LogP contribution in [0.5, 0.6) is 0 Å². The molecule has 5 heteroatoms. The van der Waals surface area contributed by atoms with E-state index >= 15 is 0 Å². The zero-order chi connectivity index (χ0) is 17.9. The second-order valence-electron chi connectivity index (χ2n) is 6.60. The average Bonchev–Trinajstić information content (AvgIpc) is 2.83. The summed E-state index contributed by atoms with van der Waals surface area (Å²) in [5, 5.41) is 0.673. The number of benzene rings is 2. The van der Waals surface area contributed by atoms with Gasteiger partial charge in [0.25, 0.3) is 5.91 Å². The Kier molecular flexibility index (Phi) is 5.97. The molecule has 0 saturated carbocycles. The van der Waals surface area contributed by atoms with Gasteiger partial charge in [0.2, 0.25) is 0 Å². The summed E-state index contributed by atoms with van der Waals surface area (Å²) in [6.45, 7) is 3.09. The van der Waals surface area contributed by atoms with Crippen LogP contribution in [0, 0.1) is 5.41 Å². The number of rotatable bonds is 6. The normalized spacial score (nSPS) is 26.2. The zero-order valence-electron chi connectivity index (χ0n) is 14.1. The van der Waals surface area contributed by atoms with E-state index in [1.54, 1.807) is 0 Å². The maximum absolute atomic E-state index is 13.1. The number of ether oxygens (including phenoxy) is 1. The van der Waals surface area contributed by atoms with Crippen LogP contribution < -0.4 is 0 Å². The van der Waals surface area contributed by atoms with E-state index in [1.807, 2.05) is 65.6 Å².